The van der Waals surface area contributed by atoms with E-state index < -0.39 is 0 Å². The molecule has 7 heteroatoms. The van der Waals surface area contributed by atoms with E-state index in [4.69, 9.17) is 11.6 Å². The monoisotopic (exact) mass is 304 g/mol. The number of carbonyl (C=O) groups is 1. The topological polar surface area (TPSA) is 59.8 Å². The highest BCUT2D eigenvalue weighted by atomic mass is 35.5. The van der Waals surface area contributed by atoms with Gasteiger partial charge in [0, 0.05) is 10.4 Å². The van der Waals surface area contributed by atoms with Gasteiger partial charge in [-0.2, -0.15) is 16.4 Å². The zero-order chi connectivity index (χ0) is 13.9. The molecule has 1 amide bonds. The Balaban J connectivity index is 1.96. The average Bonchev–Trinajstić information content (AvgIpc) is 3.12. The summed E-state index contributed by atoms with van der Waals surface area (Å²) in [5, 5.41) is 11.1. The summed E-state index contributed by atoms with van der Waals surface area (Å²) in [4.78, 5) is 16.0. The van der Waals surface area contributed by atoms with Gasteiger partial charge in [0.15, 0.2) is 0 Å². The summed E-state index contributed by atoms with van der Waals surface area (Å²) in [6, 6.07) is 6.96. The Labute approximate surface area is 123 Å². The van der Waals surface area contributed by atoms with Gasteiger partial charge in [-0.05, 0) is 29.6 Å². The minimum absolute atomic E-state index is 0.185. The number of carbonyl (C=O) groups excluding carboxylic acids is 1. The van der Waals surface area contributed by atoms with Crippen LogP contribution in [0.5, 0.6) is 0 Å². The summed E-state index contributed by atoms with van der Waals surface area (Å²) < 4.78 is 1.57. The van der Waals surface area contributed by atoms with Crippen LogP contribution in [-0.2, 0) is 0 Å². The van der Waals surface area contributed by atoms with E-state index in [1.165, 1.54) is 17.7 Å². The van der Waals surface area contributed by atoms with Gasteiger partial charge in [0.25, 0.3) is 5.91 Å². The SMILES string of the molecule is O=C(Nc1cc(Cl)ccc1-n1cncn1)c1ccsc1. The maximum atomic E-state index is 12.1. The molecule has 0 saturated carbocycles. The van der Waals surface area contributed by atoms with Crippen molar-refractivity contribution in [3.8, 4) is 5.69 Å². The highest BCUT2D eigenvalue weighted by Crippen LogP contribution is 2.24. The molecule has 0 aliphatic rings. The molecular weight excluding hydrogens is 296 g/mol. The second-order valence-electron chi connectivity index (χ2n) is 3.97. The van der Waals surface area contributed by atoms with Crippen LogP contribution in [0.3, 0.4) is 0 Å². The lowest BCUT2D eigenvalue weighted by Crippen LogP contribution is -2.13. The number of nitrogens with one attached hydrogen (secondary N) is 1. The van der Waals surface area contributed by atoms with Gasteiger partial charge in [-0.3, -0.25) is 4.79 Å². The number of rotatable bonds is 3. The molecule has 3 aromatic rings. The van der Waals surface area contributed by atoms with Gasteiger partial charge < -0.3 is 5.32 Å². The molecule has 2 aromatic heterocycles. The second kappa shape index (κ2) is 5.44. The zero-order valence-electron chi connectivity index (χ0n) is 10.2. The van der Waals surface area contributed by atoms with Crippen LogP contribution in [0, 0.1) is 0 Å². The van der Waals surface area contributed by atoms with E-state index in [1.54, 1.807) is 40.7 Å². The fourth-order valence-corrected chi connectivity index (χ4v) is 2.54. The summed E-state index contributed by atoms with van der Waals surface area (Å²) in [5.41, 5.74) is 1.90. The molecule has 0 spiro atoms. The molecule has 0 aliphatic heterocycles. The summed E-state index contributed by atoms with van der Waals surface area (Å²) in [6.07, 6.45) is 2.99. The summed E-state index contributed by atoms with van der Waals surface area (Å²) in [5.74, 6) is -0.185. The van der Waals surface area contributed by atoms with Gasteiger partial charge in [0.05, 0.1) is 16.9 Å². The first-order chi connectivity index (χ1) is 9.74. The number of hydrogen-bond donors (Lipinski definition) is 1. The lowest BCUT2D eigenvalue weighted by molar-refractivity contribution is 0.102. The van der Waals surface area contributed by atoms with Crippen LogP contribution < -0.4 is 5.32 Å². The van der Waals surface area contributed by atoms with Gasteiger partial charge >= 0.3 is 0 Å². The third-order valence-electron chi connectivity index (χ3n) is 2.66. The summed E-state index contributed by atoms with van der Waals surface area (Å²) >= 11 is 7.46. The number of amides is 1. The number of nitrogens with zero attached hydrogens (tertiary/aromatic N) is 3. The van der Waals surface area contributed by atoms with Crippen LogP contribution in [0.25, 0.3) is 5.69 Å². The fourth-order valence-electron chi connectivity index (χ4n) is 1.73. The van der Waals surface area contributed by atoms with E-state index >= 15 is 0 Å². The van der Waals surface area contributed by atoms with Crippen molar-refractivity contribution in [2.24, 2.45) is 0 Å². The largest absolute Gasteiger partial charge is 0.320 e. The van der Waals surface area contributed by atoms with Gasteiger partial charge in [-0.1, -0.05) is 11.6 Å². The Bertz CT molecular complexity index is 725. The Morgan fingerprint density at radius 1 is 1.35 bits per heavy atom. The predicted octanol–water partition coefficient (Wildman–Crippen LogP) is 3.23. The van der Waals surface area contributed by atoms with Crippen LogP contribution in [0.15, 0.2) is 47.7 Å². The van der Waals surface area contributed by atoms with E-state index in [0.29, 0.717) is 22.0 Å². The summed E-state index contributed by atoms with van der Waals surface area (Å²) in [6.45, 7) is 0. The molecule has 0 radical (unpaired) electrons. The minimum atomic E-state index is -0.185. The van der Waals surface area contributed by atoms with E-state index in [1.807, 2.05) is 5.38 Å². The van der Waals surface area contributed by atoms with Crippen molar-refractivity contribution in [2.75, 3.05) is 5.32 Å². The molecule has 100 valence electrons. The van der Waals surface area contributed by atoms with Crippen molar-refractivity contribution in [1.82, 2.24) is 14.8 Å². The van der Waals surface area contributed by atoms with Crippen molar-refractivity contribution in [3.05, 3.63) is 58.3 Å². The third kappa shape index (κ3) is 2.56. The Kier molecular flexibility index (Phi) is 3.49. The van der Waals surface area contributed by atoms with Crippen LogP contribution in [0.4, 0.5) is 5.69 Å². The quantitative estimate of drug-likeness (QED) is 0.808. The number of hydrogen-bond acceptors (Lipinski definition) is 4. The Morgan fingerprint density at radius 3 is 2.95 bits per heavy atom. The smallest absolute Gasteiger partial charge is 0.256 e. The lowest BCUT2D eigenvalue weighted by atomic mass is 10.2. The molecule has 3 rings (SSSR count). The molecule has 5 nitrogen and oxygen atoms in total. The molecule has 20 heavy (non-hydrogen) atoms. The Hall–Kier alpha value is -2.18. The normalized spacial score (nSPS) is 10.4. The van der Waals surface area contributed by atoms with Gasteiger partial charge in [0.1, 0.15) is 12.7 Å². The van der Waals surface area contributed by atoms with Crippen molar-refractivity contribution in [1.29, 1.82) is 0 Å². The van der Waals surface area contributed by atoms with E-state index in [0.717, 1.165) is 0 Å². The standard InChI is InChI=1S/C13H9ClN4OS/c14-10-1-2-12(18-8-15-7-16-18)11(5-10)17-13(19)9-3-4-20-6-9/h1-8H,(H,17,19). The average molecular weight is 305 g/mol. The highest BCUT2D eigenvalue weighted by Gasteiger charge is 2.11. The Morgan fingerprint density at radius 2 is 2.25 bits per heavy atom. The van der Waals surface area contributed by atoms with Gasteiger partial charge in [-0.15, -0.1) is 0 Å². The van der Waals surface area contributed by atoms with Crippen LogP contribution >= 0.6 is 22.9 Å². The van der Waals surface area contributed by atoms with Gasteiger partial charge in [0.2, 0.25) is 0 Å². The maximum absolute atomic E-state index is 12.1. The van der Waals surface area contributed by atoms with Crippen LogP contribution in [0.2, 0.25) is 5.02 Å². The zero-order valence-corrected chi connectivity index (χ0v) is 11.7. The first-order valence-corrected chi connectivity index (χ1v) is 7.04. The predicted molar refractivity (Wildman–Crippen MR) is 78.6 cm³/mol. The fraction of sp³-hybridized carbons (Fsp3) is 0. The van der Waals surface area contributed by atoms with Crippen molar-refractivity contribution in [3.63, 3.8) is 0 Å². The van der Waals surface area contributed by atoms with E-state index in [9.17, 15) is 4.79 Å². The van der Waals surface area contributed by atoms with Crippen molar-refractivity contribution in [2.45, 2.75) is 0 Å². The molecule has 1 aromatic carbocycles. The molecule has 0 fully saturated rings. The van der Waals surface area contributed by atoms with Crippen LogP contribution in [-0.4, -0.2) is 20.7 Å². The molecular formula is C13H9ClN4OS. The molecule has 0 aliphatic carbocycles. The van der Waals surface area contributed by atoms with E-state index in [2.05, 4.69) is 15.4 Å². The first-order valence-electron chi connectivity index (χ1n) is 5.72. The highest BCUT2D eigenvalue weighted by molar-refractivity contribution is 7.08. The summed E-state index contributed by atoms with van der Waals surface area (Å²) in [7, 11) is 0. The number of halogens is 1. The molecule has 0 saturated heterocycles. The minimum Gasteiger partial charge on any atom is -0.320 e. The van der Waals surface area contributed by atoms with E-state index in [-0.39, 0.29) is 5.91 Å². The number of aromatic nitrogens is 3. The van der Waals surface area contributed by atoms with Crippen molar-refractivity contribution < 1.29 is 4.79 Å². The number of benzene rings is 1. The van der Waals surface area contributed by atoms with Crippen LogP contribution in [0.1, 0.15) is 10.4 Å². The number of thiophene rings is 1. The molecule has 0 bridgehead atoms. The molecule has 1 N–H and O–H groups in total. The van der Waals surface area contributed by atoms with Gasteiger partial charge in [-0.25, -0.2) is 9.67 Å². The molecule has 0 unspecified atom stereocenters. The maximum Gasteiger partial charge on any atom is 0.256 e. The number of anilines is 1. The third-order valence-corrected chi connectivity index (χ3v) is 3.57. The van der Waals surface area contributed by atoms with Crippen molar-refractivity contribution >= 4 is 34.5 Å². The molecule has 2 heterocycles. The molecule has 0 atom stereocenters. The second-order valence-corrected chi connectivity index (χ2v) is 5.18. The lowest BCUT2D eigenvalue weighted by Gasteiger charge is -2.10. The first kappa shape index (κ1) is 12.8.